The van der Waals surface area contributed by atoms with Crippen molar-refractivity contribution >= 4 is 0 Å². The van der Waals surface area contributed by atoms with E-state index in [9.17, 15) is 8.78 Å². The van der Waals surface area contributed by atoms with Crippen LogP contribution in [0.5, 0.6) is 0 Å². The SMILES string of the molecule is CCC1(C(Cc2cccc(F)c2F)NC)CCCC1. The summed E-state index contributed by atoms with van der Waals surface area (Å²) in [4.78, 5) is 0. The Kier molecular flexibility index (Phi) is 4.56. The highest BCUT2D eigenvalue weighted by molar-refractivity contribution is 5.21. The molecule has 1 N–H and O–H groups in total. The van der Waals surface area contributed by atoms with E-state index >= 15 is 0 Å². The quantitative estimate of drug-likeness (QED) is 0.848. The molecule has 1 unspecified atom stereocenters. The van der Waals surface area contributed by atoms with Gasteiger partial charge in [0.2, 0.25) is 0 Å². The second-order valence-corrected chi connectivity index (χ2v) is 5.68. The van der Waals surface area contributed by atoms with Crippen molar-refractivity contribution in [2.45, 2.75) is 51.5 Å². The van der Waals surface area contributed by atoms with Crippen LogP contribution in [0.1, 0.15) is 44.6 Å². The summed E-state index contributed by atoms with van der Waals surface area (Å²) in [7, 11) is 1.93. The fourth-order valence-electron chi connectivity index (χ4n) is 3.58. The third-order valence-electron chi connectivity index (χ3n) is 4.85. The number of likely N-dealkylation sites (N-methyl/N-ethyl adjacent to an activating group) is 1. The minimum absolute atomic E-state index is 0.219. The van der Waals surface area contributed by atoms with Crippen molar-refractivity contribution in [3.63, 3.8) is 0 Å². The Labute approximate surface area is 114 Å². The number of hydrogen-bond acceptors (Lipinski definition) is 1. The lowest BCUT2D eigenvalue weighted by Crippen LogP contribution is -2.43. The van der Waals surface area contributed by atoms with E-state index in [1.807, 2.05) is 7.05 Å². The van der Waals surface area contributed by atoms with Gasteiger partial charge in [-0.1, -0.05) is 31.9 Å². The highest BCUT2D eigenvalue weighted by atomic mass is 19.2. The maximum atomic E-state index is 13.8. The molecule has 1 fully saturated rings. The Morgan fingerprint density at radius 1 is 1.26 bits per heavy atom. The summed E-state index contributed by atoms with van der Waals surface area (Å²) in [6.45, 7) is 2.21. The predicted molar refractivity (Wildman–Crippen MR) is 74.1 cm³/mol. The molecular weight excluding hydrogens is 244 g/mol. The van der Waals surface area contributed by atoms with Gasteiger partial charge < -0.3 is 5.32 Å². The maximum Gasteiger partial charge on any atom is 0.162 e. The van der Waals surface area contributed by atoms with Crippen molar-refractivity contribution in [3.8, 4) is 0 Å². The molecule has 0 aromatic heterocycles. The van der Waals surface area contributed by atoms with Gasteiger partial charge in [-0.05, 0) is 49.8 Å². The van der Waals surface area contributed by atoms with E-state index in [1.54, 1.807) is 12.1 Å². The third-order valence-corrected chi connectivity index (χ3v) is 4.85. The summed E-state index contributed by atoms with van der Waals surface area (Å²) >= 11 is 0. The van der Waals surface area contributed by atoms with Crippen molar-refractivity contribution in [3.05, 3.63) is 35.4 Å². The summed E-state index contributed by atoms with van der Waals surface area (Å²) in [6.07, 6.45) is 6.52. The molecule has 1 aromatic carbocycles. The van der Waals surface area contributed by atoms with Crippen molar-refractivity contribution in [2.24, 2.45) is 5.41 Å². The van der Waals surface area contributed by atoms with E-state index in [4.69, 9.17) is 0 Å². The molecular formula is C16H23F2N. The molecule has 0 spiro atoms. The fourth-order valence-corrected chi connectivity index (χ4v) is 3.58. The van der Waals surface area contributed by atoms with Crippen molar-refractivity contribution in [1.82, 2.24) is 5.32 Å². The molecule has 1 aromatic rings. The monoisotopic (exact) mass is 267 g/mol. The zero-order valence-electron chi connectivity index (χ0n) is 11.8. The molecule has 19 heavy (non-hydrogen) atoms. The Balaban J connectivity index is 2.21. The number of halogens is 2. The molecule has 1 nitrogen and oxygen atoms in total. The molecule has 1 atom stereocenters. The Morgan fingerprint density at radius 3 is 2.53 bits per heavy atom. The minimum atomic E-state index is -0.746. The van der Waals surface area contributed by atoms with E-state index in [0.717, 1.165) is 6.42 Å². The van der Waals surface area contributed by atoms with Gasteiger partial charge in [0.15, 0.2) is 11.6 Å². The smallest absolute Gasteiger partial charge is 0.162 e. The van der Waals surface area contributed by atoms with Crippen LogP contribution in [0, 0.1) is 17.0 Å². The number of hydrogen-bond donors (Lipinski definition) is 1. The topological polar surface area (TPSA) is 12.0 Å². The summed E-state index contributed by atoms with van der Waals surface area (Å²) in [5, 5.41) is 3.34. The van der Waals surface area contributed by atoms with Crippen molar-refractivity contribution in [1.29, 1.82) is 0 Å². The van der Waals surface area contributed by atoms with E-state index in [-0.39, 0.29) is 11.5 Å². The van der Waals surface area contributed by atoms with E-state index in [2.05, 4.69) is 12.2 Å². The largest absolute Gasteiger partial charge is 0.316 e. The minimum Gasteiger partial charge on any atom is -0.316 e. The highest BCUT2D eigenvalue weighted by Crippen LogP contribution is 2.44. The highest BCUT2D eigenvalue weighted by Gasteiger charge is 2.39. The number of nitrogens with one attached hydrogen (secondary N) is 1. The van der Waals surface area contributed by atoms with Gasteiger partial charge >= 0.3 is 0 Å². The van der Waals surface area contributed by atoms with Crippen molar-refractivity contribution < 1.29 is 8.78 Å². The van der Waals surface area contributed by atoms with Crippen LogP contribution in [0.4, 0.5) is 8.78 Å². The van der Waals surface area contributed by atoms with Gasteiger partial charge in [-0.2, -0.15) is 0 Å². The molecule has 0 amide bonds. The van der Waals surface area contributed by atoms with E-state index < -0.39 is 11.6 Å². The number of rotatable bonds is 5. The van der Waals surface area contributed by atoms with Crippen LogP contribution < -0.4 is 5.32 Å². The van der Waals surface area contributed by atoms with Gasteiger partial charge in [0.1, 0.15) is 0 Å². The lowest BCUT2D eigenvalue weighted by Gasteiger charge is -2.37. The second-order valence-electron chi connectivity index (χ2n) is 5.68. The second kappa shape index (κ2) is 6.00. The molecule has 0 bridgehead atoms. The van der Waals surface area contributed by atoms with Gasteiger partial charge in [-0.25, -0.2) is 8.78 Å². The molecule has 0 aliphatic heterocycles. The van der Waals surface area contributed by atoms with Gasteiger partial charge in [-0.15, -0.1) is 0 Å². The Morgan fingerprint density at radius 2 is 1.95 bits per heavy atom. The summed E-state index contributed by atoms with van der Waals surface area (Å²) in [5.74, 6) is -1.43. The molecule has 1 aliphatic rings. The van der Waals surface area contributed by atoms with Crippen LogP contribution in [0.2, 0.25) is 0 Å². The van der Waals surface area contributed by atoms with Gasteiger partial charge in [0.05, 0.1) is 0 Å². The summed E-state index contributed by atoms with van der Waals surface area (Å²) < 4.78 is 27.1. The zero-order chi connectivity index (χ0) is 13.9. The predicted octanol–water partition coefficient (Wildman–Crippen LogP) is 4.07. The maximum absolute atomic E-state index is 13.8. The first-order valence-electron chi connectivity index (χ1n) is 7.23. The normalized spacial score (nSPS) is 19.6. The first-order chi connectivity index (χ1) is 9.13. The van der Waals surface area contributed by atoms with Crippen LogP contribution in [-0.4, -0.2) is 13.1 Å². The fraction of sp³-hybridized carbons (Fsp3) is 0.625. The molecule has 1 saturated carbocycles. The molecule has 0 radical (unpaired) electrons. The van der Waals surface area contributed by atoms with Gasteiger partial charge in [0.25, 0.3) is 0 Å². The lowest BCUT2D eigenvalue weighted by atomic mass is 9.74. The van der Waals surface area contributed by atoms with E-state index in [0.29, 0.717) is 12.0 Å². The average molecular weight is 267 g/mol. The van der Waals surface area contributed by atoms with Gasteiger partial charge in [0, 0.05) is 6.04 Å². The number of benzene rings is 1. The Hall–Kier alpha value is -0.960. The van der Waals surface area contributed by atoms with E-state index in [1.165, 1.54) is 31.7 Å². The van der Waals surface area contributed by atoms with Crippen LogP contribution in [0.25, 0.3) is 0 Å². The van der Waals surface area contributed by atoms with Crippen LogP contribution in [0.15, 0.2) is 18.2 Å². The lowest BCUT2D eigenvalue weighted by molar-refractivity contribution is 0.191. The summed E-state index contributed by atoms with van der Waals surface area (Å²) in [6, 6.07) is 4.68. The van der Waals surface area contributed by atoms with Crippen molar-refractivity contribution in [2.75, 3.05) is 7.05 Å². The standard InChI is InChI=1S/C16H23F2N/c1-3-16(9-4-5-10-16)14(19-2)11-12-7-6-8-13(17)15(12)18/h6-8,14,19H,3-5,9-11H2,1-2H3. The first-order valence-corrected chi connectivity index (χ1v) is 7.23. The summed E-state index contributed by atoms with van der Waals surface area (Å²) in [5.41, 5.74) is 0.729. The molecule has 3 heteroatoms. The van der Waals surface area contributed by atoms with Crippen LogP contribution in [-0.2, 0) is 6.42 Å². The Bertz CT molecular complexity index is 425. The first kappa shape index (κ1) is 14.4. The molecule has 106 valence electrons. The van der Waals surface area contributed by atoms with Gasteiger partial charge in [-0.3, -0.25) is 0 Å². The van der Waals surface area contributed by atoms with Crippen LogP contribution >= 0.6 is 0 Å². The molecule has 0 saturated heterocycles. The third kappa shape index (κ3) is 2.81. The zero-order valence-corrected chi connectivity index (χ0v) is 11.8. The average Bonchev–Trinajstić information content (AvgIpc) is 2.90. The van der Waals surface area contributed by atoms with Crippen LogP contribution in [0.3, 0.4) is 0 Å². The molecule has 0 heterocycles. The molecule has 2 rings (SSSR count). The molecule has 1 aliphatic carbocycles.